The van der Waals surface area contributed by atoms with Crippen molar-refractivity contribution in [1.82, 2.24) is 0 Å². The molecule has 0 saturated carbocycles. The molecular weight excluding hydrogens is 218 g/mol. The van der Waals surface area contributed by atoms with E-state index in [-0.39, 0.29) is 0 Å². The monoisotopic (exact) mass is 245 g/mol. The van der Waals surface area contributed by atoms with Gasteiger partial charge in [-0.25, -0.2) is 0 Å². The summed E-state index contributed by atoms with van der Waals surface area (Å²) in [5.41, 5.74) is 3.25. The highest BCUT2D eigenvalue weighted by atomic mass is 15.1. The lowest BCUT2D eigenvalue weighted by atomic mass is 9.78. The summed E-state index contributed by atoms with van der Waals surface area (Å²) in [6.45, 7) is 9.43. The standard InChI is InChI=1S/C17H27N/c1-4-17(3,5-2)15-9-11-16(12-10-15)18-13-7-6-8-14-18/h9-12H,4-8,13-14H2,1-3H3. The molecule has 0 N–H and O–H groups in total. The van der Waals surface area contributed by atoms with Crippen molar-refractivity contribution in [3.05, 3.63) is 29.8 Å². The van der Waals surface area contributed by atoms with Gasteiger partial charge in [0.15, 0.2) is 0 Å². The van der Waals surface area contributed by atoms with Crippen LogP contribution in [0.2, 0.25) is 0 Å². The number of hydrogen-bond donors (Lipinski definition) is 0. The average molecular weight is 245 g/mol. The number of nitrogens with zero attached hydrogens (tertiary/aromatic N) is 1. The maximum Gasteiger partial charge on any atom is 0.0366 e. The van der Waals surface area contributed by atoms with Crippen LogP contribution in [0.1, 0.15) is 58.4 Å². The fourth-order valence-corrected chi connectivity index (χ4v) is 2.88. The lowest BCUT2D eigenvalue weighted by Crippen LogP contribution is -2.29. The Kier molecular flexibility index (Phi) is 4.31. The van der Waals surface area contributed by atoms with Crippen LogP contribution in [0.5, 0.6) is 0 Å². The molecule has 0 unspecified atom stereocenters. The first-order valence-electron chi connectivity index (χ1n) is 7.55. The van der Waals surface area contributed by atoms with Crippen LogP contribution in [0, 0.1) is 0 Å². The second-order valence-electron chi connectivity index (χ2n) is 5.86. The Morgan fingerprint density at radius 3 is 2.00 bits per heavy atom. The zero-order chi connectivity index (χ0) is 13.0. The van der Waals surface area contributed by atoms with Crippen LogP contribution in [0.3, 0.4) is 0 Å². The molecule has 1 aliphatic rings. The molecule has 0 radical (unpaired) electrons. The summed E-state index contributed by atoms with van der Waals surface area (Å²) in [4.78, 5) is 2.53. The molecule has 1 fully saturated rings. The fraction of sp³-hybridized carbons (Fsp3) is 0.647. The Hall–Kier alpha value is -0.980. The second kappa shape index (κ2) is 5.77. The third-order valence-corrected chi connectivity index (χ3v) is 4.85. The Balaban J connectivity index is 2.14. The molecule has 2 rings (SSSR count). The van der Waals surface area contributed by atoms with Gasteiger partial charge in [-0.1, -0.05) is 32.9 Å². The molecule has 1 aromatic rings. The molecule has 0 aliphatic carbocycles. The van der Waals surface area contributed by atoms with Crippen molar-refractivity contribution < 1.29 is 0 Å². The second-order valence-corrected chi connectivity index (χ2v) is 5.86. The van der Waals surface area contributed by atoms with Gasteiger partial charge in [0.25, 0.3) is 0 Å². The van der Waals surface area contributed by atoms with E-state index in [9.17, 15) is 0 Å². The van der Waals surface area contributed by atoms with Gasteiger partial charge in [-0.05, 0) is 55.2 Å². The van der Waals surface area contributed by atoms with Crippen LogP contribution < -0.4 is 4.90 Å². The Morgan fingerprint density at radius 2 is 1.50 bits per heavy atom. The maximum absolute atomic E-state index is 2.53. The number of piperidine rings is 1. The lowest BCUT2D eigenvalue weighted by Gasteiger charge is -2.31. The molecule has 1 nitrogen and oxygen atoms in total. The highest BCUT2D eigenvalue weighted by Crippen LogP contribution is 2.32. The van der Waals surface area contributed by atoms with Crippen molar-refractivity contribution in [3.8, 4) is 0 Å². The minimum absolute atomic E-state index is 0.348. The van der Waals surface area contributed by atoms with Crippen molar-refractivity contribution in [2.45, 2.75) is 58.3 Å². The van der Waals surface area contributed by atoms with Crippen molar-refractivity contribution in [1.29, 1.82) is 0 Å². The van der Waals surface area contributed by atoms with Gasteiger partial charge < -0.3 is 4.90 Å². The molecule has 0 bridgehead atoms. The minimum atomic E-state index is 0.348. The van der Waals surface area contributed by atoms with E-state index in [4.69, 9.17) is 0 Å². The Bertz CT molecular complexity index is 356. The van der Waals surface area contributed by atoms with Gasteiger partial charge in [0.1, 0.15) is 0 Å². The van der Waals surface area contributed by atoms with Crippen molar-refractivity contribution >= 4 is 5.69 Å². The summed E-state index contributed by atoms with van der Waals surface area (Å²) in [5, 5.41) is 0. The van der Waals surface area contributed by atoms with Gasteiger partial charge >= 0.3 is 0 Å². The molecular formula is C17H27N. The largest absolute Gasteiger partial charge is 0.372 e. The molecule has 0 atom stereocenters. The van der Waals surface area contributed by atoms with E-state index in [1.54, 1.807) is 0 Å². The van der Waals surface area contributed by atoms with Crippen LogP contribution in [-0.4, -0.2) is 13.1 Å². The van der Waals surface area contributed by atoms with Crippen LogP contribution in [0.4, 0.5) is 5.69 Å². The molecule has 0 aromatic heterocycles. The number of benzene rings is 1. The topological polar surface area (TPSA) is 3.24 Å². The number of anilines is 1. The summed E-state index contributed by atoms with van der Waals surface area (Å²) in [7, 11) is 0. The van der Waals surface area contributed by atoms with Crippen molar-refractivity contribution in [3.63, 3.8) is 0 Å². The predicted octanol–water partition coefficient (Wildman–Crippen LogP) is 4.75. The smallest absolute Gasteiger partial charge is 0.0366 e. The van der Waals surface area contributed by atoms with Crippen LogP contribution >= 0.6 is 0 Å². The predicted molar refractivity (Wildman–Crippen MR) is 80.4 cm³/mol. The first-order valence-corrected chi connectivity index (χ1v) is 7.55. The highest BCUT2D eigenvalue weighted by molar-refractivity contribution is 5.49. The summed E-state index contributed by atoms with van der Waals surface area (Å²) >= 11 is 0. The van der Waals surface area contributed by atoms with E-state index in [1.807, 2.05) is 0 Å². The van der Waals surface area contributed by atoms with Gasteiger partial charge in [0, 0.05) is 18.8 Å². The fourth-order valence-electron chi connectivity index (χ4n) is 2.88. The molecule has 18 heavy (non-hydrogen) atoms. The number of rotatable bonds is 4. The van der Waals surface area contributed by atoms with Crippen molar-refractivity contribution in [2.75, 3.05) is 18.0 Å². The molecule has 0 amide bonds. The van der Waals surface area contributed by atoms with Gasteiger partial charge in [-0.15, -0.1) is 0 Å². The van der Waals surface area contributed by atoms with E-state index in [0.717, 1.165) is 0 Å². The third kappa shape index (κ3) is 2.71. The van der Waals surface area contributed by atoms with E-state index in [2.05, 4.69) is 49.9 Å². The van der Waals surface area contributed by atoms with Crippen molar-refractivity contribution in [2.24, 2.45) is 0 Å². The van der Waals surface area contributed by atoms with Gasteiger partial charge in [-0.3, -0.25) is 0 Å². The lowest BCUT2D eigenvalue weighted by molar-refractivity contribution is 0.439. The first-order chi connectivity index (χ1) is 8.69. The van der Waals surface area contributed by atoms with E-state index in [1.165, 1.54) is 56.4 Å². The summed E-state index contributed by atoms with van der Waals surface area (Å²) < 4.78 is 0. The highest BCUT2D eigenvalue weighted by Gasteiger charge is 2.22. The number of hydrogen-bond acceptors (Lipinski definition) is 1. The molecule has 1 heteroatoms. The molecule has 1 heterocycles. The maximum atomic E-state index is 2.53. The quantitative estimate of drug-likeness (QED) is 0.739. The van der Waals surface area contributed by atoms with Crippen LogP contribution in [-0.2, 0) is 5.41 Å². The SMILES string of the molecule is CCC(C)(CC)c1ccc(N2CCCCC2)cc1. The van der Waals surface area contributed by atoms with Gasteiger partial charge in [0.05, 0.1) is 0 Å². The molecule has 0 spiro atoms. The molecule has 1 saturated heterocycles. The summed E-state index contributed by atoms with van der Waals surface area (Å²) in [6, 6.07) is 9.34. The van der Waals surface area contributed by atoms with Gasteiger partial charge in [-0.2, -0.15) is 0 Å². The molecule has 100 valence electrons. The zero-order valence-electron chi connectivity index (χ0n) is 12.2. The first kappa shape index (κ1) is 13.5. The van der Waals surface area contributed by atoms with E-state index < -0.39 is 0 Å². The molecule has 1 aromatic carbocycles. The Labute approximate surface area is 112 Å². The van der Waals surface area contributed by atoms with Crippen LogP contribution in [0.25, 0.3) is 0 Å². The van der Waals surface area contributed by atoms with Gasteiger partial charge in [0.2, 0.25) is 0 Å². The summed E-state index contributed by atoms with van der Waals surface area (Å²) in [6.07, 6.45) is 6.53. The molecule has 1 aliphatic heterocycles. The van der Waals surface area contributed by atoms with E-state index >= 15 is 0 Å². The zero-order valence-corrected chi connectivity index (χ0v) is 12.2. The third-order valence-electron chi connectivity index (χ3n) is 4.85. The van der Waals surface area contributed by atoms with E-state index in [0.29, 0.717) is 5.41 Å². The summed E-state index contributed by atoms with van der Waals surface area (Å²) in [5.74, 6) is 0. The Morgan fingerprint density at radius 1 is 0.944 bits per heavy atom. The average Bonchev–Trinajstić information content (AvgIpc) is 2.47. The van der Waals surface area contributed by atoms with Crippen LogP contribution in [0.15, 0.2) is 24.3 Å². The minimum Gasteiger partial charge on any atom is -0.372 e. The normalized spacial score (nSPS) is 16.9.